The van der Waals surface area contributed by atoms with E-state index < -0.39 is 0 Å². The molecule has 0 spiro atoms. The van der Waals surface area contributed by atoms with Gasteiger partial charge in [0, 0.05) is 25.7 Å². The second-order valence-corrected chi connectivity index (χ2v) is 6.04. The van der Waals surface area contributed by atoms with Crippen molar-refractivity contribution in [1.82, 2.24) is 14.9 Å². The maximum Gasteiger partial charge on any atom is 0.150 e. The van der Waals surface area contributed by atoms with E-state index in [4.69, 9.17) is 10.1 Å². The molecule has 1 aliphatic heterocycles. The number of hydrogen-bond acceptors (Lipinski definition) is 5. The van der Waals surface area contributed by atoms with Gasteiger partial charge in [0.2, 0.25) is 0 Å². The van der Waals surface area contributed by atoms with Gasteiger partial charge in [0.05, 0.1) is 23.3 Å². The lowest BCUT2D eigenvalue weighted by atomic mass is 10.0. The zero-order valence-corrected chi connectivity index (χ0v) is 13.4. The topological polar surface area (TPSA) is 52.5 Å². The summed E-state index contributed by atoms with van der Waals surface area (Å²) in [5.41, 5.74) is 2.92. The van der Waals surface area contributed by atoms with Gasteiger partial charge in [-0.3, -0.25) is 0 Å². The van der Waals surface area contributed by atoms with Crippen LogP contribution in [0.4, 0.5) is 5.82 Å². The van der Waals surface area contributed by atoms with Gasteiger partial charge in [0.15, 0.2) is 5.82 Å². The van der Waals surface area contributed by atoms with E-state index in [9.17, 15) is 0 Å². The van der Waals surface area contributed by atoms with Crippen LogP contribution in [0.3, 0.4) is 0 Å². The van der Waals surface area contributed by atoms with Crippen LogP contribution in [0.25, 0.3) is 11.0 Å². The minimum absolute atomic E-state index is 0.228. The van der Waals surface area contributed by atoms with E-state index in [1.807, 2.05) is 31.2 Å². The Labute approximate surface area is 131 Å². The summed E-state index contributed by atoms with van der Waals surface area (Å²) in [6.07, 6.45) is 2.20. The fourth-order valence-electron chi connectivity index (χ4n) is 3.24. The summed E-state index contributed by atoms with van der Waals surface area (Å²) < 4.78 is 0. The molecule has 1 N–H and O–H groups in total. The number of aryl methyl sites for hydroxylation is 1. The highest BCUT2D eigenvalue weighted by Gasteiger charge is 2.24. The molecule has 3 rings (SSSR count). The summed E-state index contributed by atoms with van der Waals surface area (Å²) in [6.45, 7) is 5.01. The molecule has 1 aliphatic rings. The van der Waals surface area contributed by atoms with Gasteiger partial charge < -0.3 is 14.9 Å². The van der Waals surface area contributed by atoms with E-state index in [2.05, 4.69) is 21.8 Å². The predicted molar refractivity (Wildman–Crippen MR) is 89.2 cm³/mol. The van der Waals surface area contributed by atoms with E-state index in [1.54, 1.807) is 0 Å². The molecular formula is C17H24N4O. The SMILES string of the molecule is Cc1nc2ccccc2nc1N1CCC(N(C)CCO)CC1. The van der Waals surface area contributed by atoms with Crippen LogP contribution in [-0.4, -0.2) is 59.3 Å². The third-order valence-electron chi connectivity index (χ3n) is 4.56. The van der Waals surface area contributed by atoms with Gasteiger partial charge in [-0.05, 0) is 38.9 Å². The molecular weight excluding hydrogens is 276 g/mol. The normalized spacial score (nSPS) is 16.6. The molecule has 2 aromatic rings. The van der Waals surface area contributed by atoms with Crippen LogP contribution < -0.4 is 4.90 Å². The lowest BCUT2D eigenvalue weighted by Gasteiger charge is -2.37. The number of likely N-dealkylation sites (N-methyl/N-ethyl adjacent to an activating group) is 1. The van der Waals surface area contributed by atoms with Crippen molar-refractivity contribution in [2.24, 2.45) is 0 Å². The minimum Gasteiger partial charge on any atom is -0.395 e. The molecule has 0 amide bonds. The average Bonchev–Trinajstić information content (AvgIpc) is 2.54. The first-order valence-corrected chi connectivity index (χ1v) is 7.98. The molecule has 2 heterocycles. The fraction of sp³-hybridized carbons (Fsp3) is 0.529. The number of rotatable bonds is 4. The number of aromatic nitrogens is 2. The van der Waals surface area contributed by atoms with Crippen LogP contribution >= 0.6 is 0 Å². The van der Waals surface area contributed by atoms with Gasteiger partial charge in [-0.15, -0.1) is 0 Å². The van der Waals surface area contributed by atoms with E-state index in [0.29, 0.717) is 6.04 Å². The smallest absolute Gasteiger partial charge is 0.150 e. The lowest BCUT2D eigenvalue weighted by Crippen LogP contribution is -2.44. The third kappa shape index (κ3) is 3.05. The van der Waals surface area contributed by atoms with Crippen LogP contribution in [0, 0.1) is 6.92 Å². The number of para-hydroxylation sites is 2. The first kappa shape index (κ1) is 15.2. The Morgan fingerprint density at radius 3 is 2.45 bits per heavy atom. The molecule has 0 bridgehead atoms. The van der Waals surface area contributed by atoms with Crippen molar-refractivity contribution in [3.05, 3.63) is 30.0 Å². The largest absolute Gasteiger partial charge is 0.395 e. The van der Waals surface area contributed by atoms with Gasteiger partial charge >= 0.3 is 0 Å². The van der Waals surface area contributed by atoms with Crippen molar-refractivity contribution in [2.75, 3.05) is 38.2 Å². The summed E-state index contributed by atoms with van der Waals surface area (Å²) in [5.74, 6) is 1.02. The van der Waals surface area contributed by atoms with Crippen molar-refractivity contribution in [3.8, 4) is 0 Å². The second kappa shape index (κ2) is 6.58. The molecule has 0 saturated carbocycles. The van der Waals surface area contributed by atoms with Crippen molar-refractivity contribution in [2.45, 2.75) is 25.8 Å². The molecule has 0 radical (unpaired) electrons. The van der Waals surface area contributed by atoms with E-state index in [1.165, 1.54) is 0 Å². The molecule has 0 unspecified atom stereocenters. The molecule has 1 aromatic carbocycles. The quantitative estimate of drug-likeness (QED) is 0.933. The third-order valence-corrected chi connectivity index (χ3v) is 4.56. The van der Waals surface area contributed by atoms with Crippen LogP contribution in [0.15, 0.2) is 24.3 Å². The molecule has 1 fully saturated rings. The number of piperidine rings is 1. The number of aliphatic hydroxyl groups excluding tert-OH is 1. The second-order valence-electron chi connectivity index (χ2n) is 6.04. The number of benzene rings is 1. The van der Waals surface area contributed by atoms with Crippen molar-refractivity contribution in [1.29, 1.82) is 0 Å². The Kier molecular flexibility index (Phi) is 4.55. The zero-order valence-electron chi connectivity index (χ0n) is 13.4. The van der Waals surface area contributed by atoms with Gasteiger partial charge in [0.1, 0.15) is 0 Å². The summed E-state index contributed by atoms with van der Waals surface area (Å²) >= 11 is 0. The summed E-state index contributed by atoms with van der Waals surface area (Å²) in [6, 6.07) is 8.59. The van der Waals surface area contributed by atoms with Gasteiger partial charge in [-0.25, -0.2) is 9.97 Å². The maximum atomic E-state index is 9.06. The Morgan fingerprint density at radius 2 is 1.82 bits per heavy atom. The highest BCUT2D eigenvalue weighted by Crippen LogP contribution is 2.24. The van der Waals surface area contributed by atoms with Crippen LogP contribution in [-0.2, 0) is 0 Å². The summed E-state index contributed by atoms with van der Waals surface area (Å²) in [5, 5.41) is 9.06. The first-order chi connectivity index (χ1) is 10.7. The van der Waals surface area contributed by atoms with Crippen LogP contribution in [0.5, 0.6) is 0 Å². The fourth-order valence-corrected chi connectivity index (χ4v) is 3.24. The van der Waals surface area contributed by atoms with Crippen molar-refractivity contribution < 1.29 is 5.11 Å². The number of hydrogen-bond donors (Lipinski definition) is 1. The van der Waals surface area contributed by atoms with Crippen molar-refractivity contribution in [3.63, 3.8) is 0 Å². The lowest BCUT2D eigenvalue weighted by molar-refractivity contribution is 0.161. The summed E-state index contributed by atoms with van der Waals surface area (Å²) in [7, 11) is 2.09. The van der Waals surface area contributed by atoms with Gasteiger partial charge in [0.25, 0.3) is 0 Å². The molecule has 118 valence electrons. The van der Waals surface area contributed by atoms with Gasteiger partial charge in [-0.1, -0.05) is 12.1 Å². The number of nitrogens with zero attached hydrogens (tertiary/aromatic N) is 4. The Bertz CT molecular complexity index is 638. The number of aliphatic hydroxyl groups is 1. The monoisotopic (exact) mass is 300 g/mol. The van der Waals surface area contributed by atoms with Crippen molar-refractivity contribution >= 4 is 16.9 Å². The van der Waals surface area contributed by atoms with E-state index in [-0.39, 0.29) is 6.61 Å². The molecule has 5 heteroatoms. The van der Waals surface area contributed by atoms with Crippen LogP contribution in [0.2, 0.25) is 0 Å². The number of anilines is 1. The molecule has 5 nitrogen and oxygen atoms in total. The zero-order chi connectivity index (χ0) is 15.5. The molecule has 1 saturated heterocycles. The maximum absolute atomic E-state index is 9.06. The molecule has 22 heavy (non-hydrogen) atoms. The standard InChI is InChI=1S/C17H24N4O/c1-13-17(19-16-6-4-3-5-15(16)18-13)21-9-7-14(8-10-21)20(2)11-12-22/h3-6,14,22H,7-12H2,1-2H3. The Morgan fingerprint density at radius 1 is 1.18 bits per heavy atom. The average molecular weight is 300 g/mol. The number of fused-ring (bicyclic) bond motifs is 1. The highest BCUT2D eigenvalue weighted by molar-refractivity contribution is 5.76. The molecule has 0 aliphatic carbocycles. The predicted octanol–water partition coefficient (Wildman–Crippen LogP) is 1.83. The Hall–Kier alpha value is -1.72. The minimum atomic E-state index is 0.228. The molecule has 0 atom stereocenters. The van der Waals surface area contributed by atoms with Crippen LogP contribution in [0.1, 0.15) is 18.5 Å². The van der Waals surface area contributed by atoms with E-state index >= 15 is 0 Å². The van der Waals surface area contributed by atoms with Gasteiger partial charge in [-0.2, -0.15) is 0 Å². The first-order valence-electron chi connectivity index (χ1n) is 7.98. The molecule has 1 aromatic heterocycles. The summed E-state index contributed by atoms with van der Waals surface area (Å²) in [4.78, 5) is 14.1. The van der Waals surface area contributed by atoms with E-state index in [0.717, 1.165) is 55.0 Å². The highest BCUT2D eigenvalue weighted by atomic mass is 16.3. The Balaban J connectivity index is 1.75.